The van der Waals surface area contributed by atoms with E-state index in [1.165, 1.54) is 16.7 Å². The van der Waals surface area contributed by atoms with Crippen molar-refractivity contribution in [3.8, 4) is 11.5 Å². The standard InChI is InChI=1S/C18H12ClF2N5O2/c1-8-15(9(2)27-24-8)18-23-14(25-28-18)7-26-12-5-4-11(22-3)16(19)10(12)6-13(26)17(20)21/h4-6,17H,7H2,1-2H3. The Hall–Kier alpha value is -3.25. The fraction of sp³-hybridized carbons (Fsp3) is 0.222. The monoisotopic (exact) mass is 403 g/mol. The van der Waals surface area contributed by atoms with Crippen molar-refractivity contribution in [2.45, 2.75) is 26.8 Å². The van der Waals surface area contributed by atoms with Crippen LogP contribution in [0.25, 0.3) is 27.2 Å². The first kappa shape index (κ1) is 18.1. The molecule has 0 radical (unpaired) electrons. The van der Waals surface area contributed by atoms with Gasteiger partial charge in [-0.25, -0.2) is 13.6 Å². The molecule has 10 heteroatoms. The molecular formula is C18H12ClF2N5O2. The molecule has 0 bridgehead atoms. The van der Waals surface area contributed by atoms with Crippen molar-refractivity contribution in [3.05, 3.63) is 57.6 Å². The van der Waals surface area contributed by atoms with Gasteiger partial charge in [0.1, 0.15) is 11.3 Å². The van der Waals surface area contributed by atoms with Gasteiger partial charge in [-0.3, -0.25) is 0 Å². The summed E-state index contributed by atoms with van der Waals surface area (Å²) in [5.74, 6) is 0.931. The lowest BCUT2D eigenvalue weighted by Crippen LogP contribution is -2.06. The van der Waals surface area contributed by atoms with Crippen LogP contribution >= 0.6 is 11.6 Å². The number of aryl methyl sites for hydroxylation is 2. The van der Waals surface area contributed by atoms with Crippen LogP contribution in [0.4, 0.5) is 14.5 Å². The molecule has 1 aromatic carbocycles. The summed E-state index contributed by atoms with van der Waals surface area (Å²) in [4.78, 5) is 7.59. The van der Waals surface area contributed by atoms with Gasteiger partial charge in [0.05, 0.1) is 29.5 Å². The molecule has 0 aliphatic rings. The van der Waals surface area contributed by atoms with Gasteiger partial charge < -0.3 is 13.6 Å². The van der Waals surface area contributed by atoms with E-state index in [0.29, 0.717) is 27.9 Å². The lowest BCUT2D eigenvalue weighted by molar-refractivity contribution is 0.142. The molecule has 0 atom stereocenters. The van der Waals surface area contributed by atoms with Crippen molar-refractivity contribution in [1.82, 2.24) is 19.9 Å². The van der Waals surface area contributed by atoms with Gasteiger partial charge >= 0.3 is 0 Å². The summed E-state index contributed by atoms with van der Waals surface area (Å²) in [6.07, 6.45) is -2.74. The second-order valence-corrected chi connectivity index (χ2v) is 6.49. The smallest absolute Gasteiger partial charge is 0.278 e. The van der Waals surface area contributed by atoms with Crippen LogP contribution in [0.1, 0.15) is 29.4 Å². The second kappa shape index (κ2) is 6.73. The third kappa shape index (κ3) is 2.82. The summed E-state index contributed by atoms with van der Waals surface area (Å²) >= 11 is 6.20. The van der Waals surface area contributed by atoms with Crippen LogP contribution in [-0.4, -0.2) is 19.9 Å². The quantitative estimate of drug-likeness (QED) is 0.421. The number of rotatable bonds is 4. The Balaban J connectivity index is 1.79. The number of hydrogen-bond acceptors (Lipinski definition) is 5. The Bertz CT molecular complexity index is 1220. The molecule has 0 amide bonds. The molecule has 0 unspecified atom stereocenters. The van der Waals surface area contributed by atoms with Gasteiger partial charge in [0.2, 0.25) is 5.69 Å². The van der Waals surface area contributed by atoms with Crippen LogP contribution in [0.3, 0.4) is 0 Å². The average Bonchev–Trinajstić information content (AvgIpc) is 3.34. The van der Waals surface area contributed by atoms with Gasteiger partial charge in [0, 0.05) is 10.9 Å². The van der Waals surface area contributed by atoms with Crippen LogP contribution in [0.15, 0.2) is 27.2 Å². The summed E-state index contributed by atoms with van der Waals surface area (Å²) in [5, 5.41) is 8.24. The topological polar surface area (TPSA) is 74.2 Å². The highest BCUT2D eigenvalue weighted by atomic mass is 35.5. The van der Waals surface area contributed by atoms with Gasteiger partial charge in [-0.15, -0.1) is 0 Å². The van der Waals surface area contributed by atoms with Crippen LogP contribution in [0, 0.1) is 20.4 Å². The highest BCUT2D eigenvalue weighted by molar-refractivity contribution is 6.38. The van der Waals surface area contributed by atoms with Crippen molar-refractivity contribution in [2.24, 2.45) is 0 Å². The largest absolute Gasteiger partial charge is 0.361 e. The number of aromatic nitrogens is 4. The van der Waals surface area contributed by atoms with Crippen LogP contribution in [-0.2, 0) is 6.54 Å². The third-order valence-corrected chi connectivity index (χ3v) is 4.79. The number of benzene rings is 1. The summed E-state index contributed by atoms with van der Waals surface area (Å²) in [6, 6.07) is 4.36. The Morgan fingerprint density at radius 2 is 2.04 bits per heavy atom. The van der Waals surface area contributed by atoms with E-state index < -0.39 is 6.43 Å². The van der Waals surface area contributed by atoms with Crippen molar-refractivity contribution in [1.29, 1.82) is 0 Å². The van der Waals surface area contributed by atoms with E-state index in [1.807, 2.05) is 0 Å². The third-order valence-electron chi connectivity index (χ3n) is 4.39. The van der Waals surface area contributed by atoms with Gasteiger partial charge in [0.25, 0.3) is 12.3 Å². The van der Waals surface area contributed by atoms with Crippen LogP contribution in [0.2, 0.25) is 5.02 Å². The first-order valence-electron chi connectivity index (χ1n) is 8.13. The van der Waals surface area contributed by atoms with Crippen molar-refractivity contribution in [2.75, 3.05) is 0 Å². The molecule has 0 saturated heterocycles. The van der Waals surface area contributed by atoms with Gasteiger partial charge in [-0.1, -0.05) is 28.0 Å². The van der Waals surface area contributed by atoms with E-state index in [2.05, 4.69) is 20.1 Å². The van der Waals surface area contributed by atoms with Gasteiger partial charge in [0.15, 0.2) is 5.82 Å². The van der Waals surface area contributed by atoms with E-state index in [0.717, 1.165) is 0 Å². The highest BCUT2D eigenvalue weighted by Gasteiger charge is 2.23. The molecule has 3 heterocycles. The second-order valence-electron chi connectivity index (χ2n) is 6.11. The summed E-state index contributed by atoms with van der Waals surface area (Å²) in [6.45, 7) is 10.5. The fourth-order valence-corrected chi connectivity index (χ4v) is 3.36. The molecule has 28 heavy (non-hydrogen) atoms. The Morgan fingerprint density at radius 3 is 2.68 bits per heavy atom. The average molecular weight is 404 g/mol. The number of nitrogens with zero attached hydrogens (tertiary/aromatic N) is 5. The predicted octanol–water partition coefficient (Wildman–Crippen LogP) is 5.49. The first-order chi connectivity index (χ1) is 13.4. The zero-order valence-electron chi connectivity index (χ0n) is 14.7. The maximum Gasteiger partial charge on any atom is 0.278 e. The molecular weight excluding hydrogens is 392 g/mol. The number of hydrogen-bond donors (Lipinski definition) is 0. The van der Waals surface area contributed by atoms with E-state index in [-0.39, 0.29) is 34.7 Å². The maximum absolute atomic E-state index is 13.6. The van der Waals surface area contributed by atoms with Crippen LogP contribution < -0.4 is 0 Å². The summed E-state index contributed by atoms with van der Waals surface area (Å²) < 4.78 is 38.9. The number of alkyl halides is 2. The Morgan fingerprint density at radius 1 is 1.25 bits per heavy atom. The zero-order valence-corrected chi connectivity index (χ0v) is 15.5. The summed E-state index contributed by atoms with van der Waals surface area (Å²) in [5.41, 5.74) is 1.58. The minimum atomic E-state index is -2.74. The first-order valence-corrected chi connectivity index (χ1v) is 8.51. The van der Waals surface area contributed by atoms with Gasteiger partial charge in [-0.2, -0.15) is 4.98 Å². The molecule has 7 nitrogen and oxygen atoms in total. The Labute approximate surface area is 162 Å². The molecule has 142 valence electrons. The lowest BCUT2D eigenvalue weighted by atomic mass is 10.2. The molecule has 0 aliphatic carbocycles. The van der Waals surface area contributed by atoms with Gasteiger partial charge in [-0.05, 0) is 26.0 Å². The normalized spacial score (nSPS) is 11.5. The highest BCUT2D eigenvalue weighted by Crippen LogP contribution is 2.37. The maximum atomic E-state index is 13.6. The molecule has 3 aromatic heterocycles. The molecule has 4 aromatic rings. The SMILES string of the molecule is [C-]#[N+]c1ccc2c(cc(C(F)F)n2Cc2noc(-c3c(C)noc3C)n2)c1Cl. The van der Waals surface area contributed by atoms with E-state index in [9.17, 15) is 8.78 Å². The van der Waals surface area contributed by atoms with Crippen molar-refractivity contribution >= 4 is 28.2 Å². The predicted molar refractivity (Wildman–Crippen MR) is 96.5 cm³/mol. The fourth-order valence-electron chi connectivity index (χ4n) is 3.10. The summed E-state index contributed by atoms with van der Waals surface area (Å²) in [7, 11) is 0. The van der Waals surface area contributed by atoms with E-state index in [1.54, 1.807) is 19.9 Å². The van der Waals surface area contributed by atoms with Crippen molar-refractivity contribution < 1.29 is 17.8 Å². The molecule has 0 fully saturated rings. The molecule has 0 spiro atoms. The minimum Gasteiger partial charge on any atom is -0.361 e. The van der Waals surface area contributed by atoms with Crippen molar-refractivity contribution in [3.63, 3.8) is 0 Å². The number of fused-ring (bicyclic) bond motifs is 1. The molecule has 0 N–H and O–H groups in total. The zero-order chi connectivity index (χ0) is 20.0. The van der Waals surface area contributed by atoms with E-state index in [4.69, 9.17) is 27.2 Å². The minimum absolute atomic E-state index is 0.0518. The molecule has 0 saturated carbocycles. The number of halogens is 3. The van der Waals surface area contributed by atoms with E-state index >= 15 is 0 Å². The van der Waals surface area contributed by atoms with Crippen LogP contribution in [0.5, 0.6) is 0 Å². The molecule has 4 rings (SSSR count). The Kier molecular flexibility index (Phi) is 4.35. The lowest BCUT2D eigenvalue weighted by Gasteiger charge is -2.08. The molecule has 0 aliphatic heterocycles.